The van der Waals surface area contributed by atoms with Gasteiger partial charge in [0.1, 0.15) is 5.76 Å². The number of aromatic nitrogens is 2. The number of hydrogen-bond donors (Lipinski definition) is 2. The number of amides is 2. The standard InChI is InChI=1S/C16H22N4O2S/c1-8(13-7-23-15(19-13)12-5-6-12)17-16(21)18-9(2)14-10(3)20-22-11(14)4/h7-9,12H,5-6H2,1-4H3,(H2,17,18,21)/t8-,9-/m0/s1. The zero-order valence-electron chi connectivity index (χ0n) is 13.8. The molecule has 7 heteroatoms. The second-order valence-corrected chi connectivity index (χ2v) is 7.07. The van der Waals surface area contributed by atoms with Crippen molar-refractivity contribution in [2.75, 3.05) is 0 Å². The summed E-state index contributed by atoms with van der Waals surface area (Å²) in [5.41, 5.74) is 2.66. The van der Waals surface area contributed by atoms with Crippen LogP contribution in [0.5, 0.6) is 0 Å². The molecule has 2 aromatic heterocycles. The molecule has 2 atom stereocenters. The van der Waals surface area contributed by atoms with Gasteiger partial charge in [-0.1, -0.05) is 5.16 Å². The highest BCUT2D eigenvalue weighted by Gasteiger charge is 2.27. The Hall–Kier alpha value is -1.89. The first-order chi connectivity index (χ1) is 11.0. The highest BCUT2D eigenvalue weighted by molar-refractivity contribution is 7.09. The molecule has 1 fully saturated rings. The zero-order valence-corrected chi connectivity index (χ0v) is 14.7. The molecule has 2 N–H and O–H groups in total. The Morgan fingerprint density at radius 2 is 2.00 bits per heavy atom. The Kier molecular flexibility index (Phi) is 4.39. The molecule has 1 saturated carbocycles. The third-order valence-corrected chi connectivity index (χ3v) is 5.15. The van der Waals surface area contributed by atoms with E-state index in [1.165, 1.54) is 17.8 Å². The van der Waals surface area contributed by atoms with E-state index >= 15 is 0 Å². The summed E-state index contributed by atoms with van der Waals surface area (Å²) in [7, 11) is 0. The number of urea groups is 1. The molecule has 0 aromatic carbocycles. The van der Waals surface area contributed by atoms with Crippen LogP contribution in [0.2, 0.25) is 0 Å². The Morgan fingerprint density at radius 3 is 2.61 bits per heavy atom. The molecule has 1 aliphatic carbocycles. The zero-order chi connectivity index (χ0) is 16.6. The second kappa shape index (κ2) is 6.31. The lowest BCUT2D eigenvalue weighted by Gasteiger charge is -2.17. The first-order valence-electron chi connectivity index (χ1n) is 7.90. The van der Waals surface area contributed by atoms with Gasteiger partial charge in [-0.3, -0.25) is 0 Å². The van der Waals surface area contributed by atoms with Crippen molar-refractivity contribution in [2.45, 2.75) is 58.5 Å². The Morgan fingerprint density at radius 1 is 1.30 bits per heavy atom. The average Bonchev–Trinajstić information content (AvgIpc) is 3.11. The number of carbonyl (C=O) groups is 1. The SMILES string of the molecule is Cc1noc(C)c1[C@H](C)NC(=O)N[C@@H](C)c1csc(C2CC2)n1. The molecule has 2 amide bonds. The molecule has 6 nitrogen and oxygen atoms in total. The van der Waals surface area contributed by atoms with E-state index in [4.69, 9.17) is 4.52 Å². The summed E-state index contributed by atoms with van der Waals surface area (Å²) in [5, 5.41) is 13.0. The van der Waals surface area contributed by atoms with Gasteiger partial charge in [-0.15, -0.1) is 11.3 Å². The van der Waals surface area contributed by atoms with Crippen LogP contribution in [0.3, 0.4) is 0 Å². The van der Waals surface area contributed by atoms with Crippen LogP contribution in [-0.2, 0) is 0 Å². The number of hydrogen-bond acceptors (Lipinski definition) is 5. The van der Waals surface area contributed by atoms with Gasteiger partial charge < -0.3 is 15.2 Å². The third kappa shape index (κ3) is 3.55. The monoisotopic (exact) mass is 334 g/mol. The molecule has 23 heavy (non-hydrogen) atoms. The van der Waals surface area contributed by atoms with Gasteiger partial charge in [-0.05, 0) is 40.5 Å². The van der Waals surface area contributed by atoms with Gasteiger partial charge in [0.05, 0.1) is 28.5 Å². The van der Waals surface area contributed by atoms with Crippen molar-refractivity contribution in [1.82, 2.24) is 20.8 Å². The second-order valence-electron chi connectivity index (χ2n) is 6.18. The molecular weight excluding hydrogens is 312 g/mol. The summed E-state index contributed by atoms with van der Waals surface area (Å²) in [4.78, 5) is 16.8. The predicted octanol–water partition coefficient (Wildman–Crippen LogP) is 3.75. The Bertz CT molecular complexity index is 685. The number of carbonyl (C=O) groups excluding carboxylic acids is 1. The third-order valence-electron chi connectivity index (χ3n) is 4.13. The van der Waals surface area contributed by atoms with Crippen LogP contribution in [0.4, 0.5) is 4.79 Å². The van der Waals surface area contributed by atoms with E-state index in [9.17, 15) is 4.79 Å². The van der Waals surface area contributed by atoms with Gasteiger partial charge in [0, 0.05) is 16.9 Å². The summed E-state index contributed by atoms with van der Waals surface area (Å²) in [6, 6.07) is -0.493. The Balaban J connectivity index is 1.57. The number of thiazole rings is 1. The summed E-state index contributed by atoms with van der Waals surface area (Å²) in [5.74, 6) is 1.38. The van der Waals surface area contributed by atoms with Crippen molar-refractivity contribution < 1.29 is 9.32 Å². The van der Waals surface area contributed by atoms with E-state index in [0.29, 0.717) is 5.92 Å². The molecule has 0 spiro atoms. The maximum atomic E-state index is 12.2. The summed E-state index contributed by atoms with van der Waals surface area (Å²) >= 11 is 1.69. The summed E-state index contributed by atoms with van der Waals surface area (Å²) in [6.45, 7) is 7.60. The fraction of sp³-hybridized carbons (Fsp3) is 0.562. The van der Waals surface area contributed by atoms with E-state index in [1.54, 1.807) is 11.3 Å². The van der Waals surface area contributed by atoms with Crippen molar-refractivity contribution in [3.05, 3.63) is 33.1 Å². The topological polar surface area (TPSA) is 80.0 Å². The molecule has 0 aliphatic heterocycles. The van der Waals surface area contributed by atoms with E-state index in [1.807, 2.05) is 33.1 Å². The van der Waals surface area contributed by atoms with Gasteiger partial charge in [0.25, 0.3) is 0 Å². The smallest absolute Gasteiger partial charge is 0.315 e. The number of aryl methyl sites for hydroxylation is 2. The van der Waals surface area contributed by atoms with Crippen molar-refractivity contribution in [1.29, 1.82) is 0 Å². The molecule has 1 aliphatic rings. The first kappa shape index (κ1) is 16.0. The van der Waals surface area contributed by atoms with Gasteiger partial charge >= 0.3 is 6.03 Å². The van der Waals surface area contributed by atoms with Crippen LogP contribution in [-0.4, -0.2) is 16.2 Å². The number of nitrogens with zero attached hydrogens (tertiary/aromatic N) is 2. The van der Waals surface area contributed by atoms with Crippen LogP contribution in [0, 0.1) is 13.8 Å². The van der Waals surface area contributed by atoms with Gasteiger partial charge in [-0.2, -0.15) is 0 Å². The lowest BCUT2D eigenvalue weighted by atomic mass is 10.1. The molecule has 0 bridgehead atoms. The minimum atomic E-state index is -0.217. The molecular formula is C16H22N4O2S. The highest BCUT2D eigenvalue weighted by Crippen LogP contribution is 2.41. The van der Waals surface area contributed by atoms with Crippen molar-refractivity contribution in [2.24, 2.45) is 0 Å². The maximum absolute atomic E-state index is 12.2. The van der Waals surface area contributed by atoms with E-state index in [-0.39, 0.29) is 18.1 Å². The van der Waals surface area contributed by atoms with Crippen molar-refractivity contribution >= 4 is 17.4 Å². The minimum Gasteiger partial charge on any atom is -0.361 e. The van der Waals surface area contributed by atoms with Crippen LogP contribution in [0.15, 0.2) is 9.90 Å². The quantitative estimate of drug-likeness (QED) is 0.873. The maximum Gasteiger partial charge on any atom is 0.315 e. The number of nitrogens with one attached hydrogen (secondary N) is 2. The van der Waals surface area contributed by atoms with Crippen molar-refractivity contribution in [3.63, 3.8) is 0 Å². The minimum absolute atomic E-state index is 0.115. The van der Waals surface area contributed by atoms with Gasteiger partial charge in [-0.25, -0.2) is 9.78 Å². The predicted molar refractivity (Wildman–Crippen MR) is 88.6 cm³/mol. The van der Waals surface area contributed by atoms with E-state index in [2.05, 4.69) is 20.8 Å². The normalized spacial score (nSPS) is 16.9. The Labute approximate surface area is 139 Å². The van der Waals surface area contributed by atoms with Crippen LogP contribution >= 0.6 is 11.3 Å². The van der Waals surface area contributed by atoms with Crippen LogP contribution in [0.1, 0.15) is 72.4 Å². The molecule has 0 unspecified atom stereocenters. The van der Waals surface area contributed by atoms with E-state index in [0.717, 1.165) is 22.7 Å². The van der Waals surface area contributed by atoms with Gasteiger partial charge in [0.15, 0.2) is 0 Å². The molecule has 0 radical (unpaired) electrons. The number of rotatable bonds is 5. The van der Waals surface area contributed by atoms with E-state index < -0.39 is 0 Å². The van der Waals surface area contributed by atoms with Gasteiger partial charge in [0.2, 0.25) is 0 Å². The lowest BCUT2D eigenvalue weighted by Crippen LogP contribution is -2.38. The van der Waals surface area contributed by atoms with Crippen LogP contribution in [0.25, 0.3) is 0 Å². The summed E-state index contributed by atoms with van der Waals surface area (Å²) in [6.07, 6.45) is 2.48. The first-order valence-corrected chi connectivity index (χ1v) is 8.78. The lowest BCUT2D eigenvalue weighted by molar-refractivity contribution is 0.234. The molecule has 0 saturated heterocycles. The highest BCUT2D eigenvalue weighted by atomic mass is 32.1. The van der Waals surface area contributed by atoms with Crippen molar-refractivity contribution in [3.8, 4) is 0 Å². The fourth-order valence-electron chi connectivity index (χ4n) is 2.71. The molecule has 3 rings (SSSR count). The fourth-order valence-corrected chi connectivity index (χ4v) is 3.79. The average molecular weight is 334 g/mol. The largest absolute Gasteiger partial charge is 0.361 e. The molecule has 2 heterocycles. The molecule has 124 valence electrons. The molecule has 2 aromatic rings. The summed E-state index contributed by atoms with van der Waals surface area (Å²) < 4.78 is 5.15. The van der Waals surface area contributed by atoms with Crippen LogP contribution < -0.4 is 10.6 Å².